The van der Waals surface area contributed by atoms with Crippen LogP contribution in [0.5, 0.6) is 5.75 Å². The van der Waals surface area contributed by atoms with Crippen LogP contribution in [-0.4, -0.2) is 11.2 Å². The van der Waals surface area contributed by atoms with Crippen LogP contribution >= 0.6 is 15.9 Å². The van der Waals surface area contributed by atoms with Gasteiger partial charge in [0.15, 0.2) is 0 Å². The number of ether oxygens (including phenoxy) is 1. The average molecular weight is 348 g/mol. The number of hydrogen-bond acceptors (Lipinski definition) is 2. The monoisotopic (exact) mass is 347 g/mol. The standard InChI is InChI=1S/C17H18BrNO2/c1-4-10-21-13-6-7-14(12(3)11-13)16-9-8-15(18)17(20)19(16)5-2/h4,6-9,11H,1,5,10H2,2-3H3. The summed E-state index contributed by atoms with van der Waals surface area (Å²) < 4.78 is 7.87. The molecule has 0 aliphatic carbocycles. The molecule has 0 radical (unpaired) electrons. The zero-order valence-electron chi connectivity index (χ0n) is 12.2. The molecule has 0 fully saturated rings. The number of rotatable bonds is 5. The summed E-state index contributed by atoms with van der Waals surface area (Å²) in [7, 11) is 0. The van der Waals surface area contributed by atoms with Crippen molar-refractivity contribution in [2.24, 2.45) is 0 Å². The molecule has 0 aliphatic heterocycles. The molecule has 0 saturated carbocycles. The summed E-state index contributed by atoms with van der Waals surface area (Å²) in [5.74, 6) is 0.804. The minimum atomic E-state index is -0.0126. The Morgan fingerprint density at radius 1 is 1.33 bits per heavy atom. The summed E-state index contributed by atoms with van der Waals surface area (Å²) in [4.78, 5) is 12.2. The van der Waals surface area contributed by atoms with Gasteiger partial charge in [0, 0.05) is 12.1 Å². The molecule has 0 unspecified atom stereocenters. The molecule has 0 N–H and O–H groups in total. The van der Waals surface area contributed by atoms with E-state index in [1.807, 2.05) is 38.1 Å². The van der Waals surface area contributed by atoms with E-state index in [4.69, 9.17) is 4.74 Å². The van der Waals surface area contributed by atoms with Crippen LogP contribution < -0.4 is 10.3 Å². The number of nitrogens with zero attached hydrogens (tertiary/aromatic N) is 1. The van der Waals surface area contributed by atoms with Crippen LogP contribution in [0.25, 0.3) is 11.3 Å². The Morgan fingerprint density at radius 3 is 2.71 bits per heavy atom. The Morgan fingerprint density at radius 2 is 2.10 bits per heavy atom. The maximum atomic E-state index is 12.2. The second-order valence-electron chi connectivity index (χ2n) is 4.69. The molecule has 0 amide bonds. The first-order valence-corrected chi connectivity index (χ1v) is 7.61. The molecule has 1 aromatic carbocycles. The highest BCUT2D eigenvalue weighted by atomic mass is 79.9. The van der Waals surface area contributed by atoms with Gasteiger partial charge < -0.3 is 9.30 Å². The lowest BCUT2D eigenvalue weighted by Crippen LogP contribution is -2.21. The van der Waals surface area contributed by atoms with Crippen molar-refractivity contribution in [1.82, 2.24) is 4.57 Å². The first kappa shape index (κ1) is 15.6. The first-order valence-electron chi connectivity index (χ1n) is 6.82. The highest BCUT2D eigenvalue weighted by molar-refractivity contribution is 9.10. The van der Waals surface area contributed by atoms with Crippen molar-refractivity contribution in [1.29, 1.82) is 0 Å². The zero-order valence-corrected chi connectivity index (χ0v) is 13.8. The highest BCUT2D eigenvalue weighted by Gasteiger charge is 2.10. The third kappa shape index (κ3) is 3.27. The highest BCUT2D eigenvalue weighted by Crippen LogP contribution is 2.27. The summed E-state index contributed by atoms with van der Waals surface area (Å²) in [6.45, 7) is 8.73. The Bertz CT molecular complexity index is 719. The van der Waals surface area contributed by atoms with E-state index < -0.39 is 0 Å². The van der Waals surface area contributed by atoms with Crippen LogP contribution in [0, 0.1) is 6.92 Å². The van der Waals surface area contributed by atoms with Gasteiger partial charge >= 0.3 is 0 Å². The molecule has 2 rings (SSSR count). The Kier molecular flexibility index (Phi) is 5.02. The quantitative estimate of drug-likeness (QED) is 0.760. The summed E-state index contributed by atoms with van der Waals surface area (Å²) in [5.41, 5.74) is 3.01. The van der Waals surface area contributed by atoms with Crippen molar-refractivity contribution >= 4 is 15.9 Å². The minimum absolute atomic E-state index is 0.0126. The predicted octanol–water partition coefficient (Wildman–Crippen LogP) is 4.17. The van der Waals surface area contributed by atoms with Crippen LogP contribution in [0.3, 0.4) is 0 Å². The topological polar surface area (TPSA) is 31.2 Å². The largest absolute Gasteiger partial charge is 0.490 e. The van der Waals surface area contributed by atoms with Gasteiger partial charge in [-0.25, -0.2) is 0 Å². The van der Waals surface area contributed by atoms with E-state index in [1.54, 1.807) is 16.7 Å². The minimum Gasteiger partial charge on any atom is -0.490 e. The molecule has 1 aromatic heterocycles. The van der Waals surface area contributed by atoms with Crippen molar-refractivity contribution in [2.45, 2.75) is 20.4 Å². The van der Waals surface area contributed by atoms with Gasteiger partial charge in [-0.05, 0) is 65.7 Å². The molecule has 0 aliphatic rings. The van der Waals surface area contributed by atoms with Crippen LogP contribution in [-0.2, 0) is 6.54 Å². The molecular formula is C17H18BrNO2. The molecule has 0 spiro atoms. The normalized spacial score (nSPS) is 10.4. The van der Waals surface area contributed by atoms with E-state index in [9.17, 15) is 4.79 Å². The third-order valence-corrected chi connectivity index (χ3v) is 3.89. The smallest absolute Gasteiger partial charge is 0.265 e. The number of hydrogen-bond donors (Lipinski definition) is 0. The molecule has 0 atom stereocenters. The summed E-state index contributed by atoms with van der Waals surface area (Å²) >= 11 is 3.29. The maximum Gasteiger partial charge on any atom is 0.265 e. The maximum absolute atomic E-state index is 12.2. The van der Waals surface area contributed by atoms with Gasteiger partial charge in [0.05, 0.1) is 10.2 Å². The number of halogens is 1. The van der Waals surface area contributed by atoms with Crippen molar-refractivity contribution in [3.05, 3.63) is 63.4 Å². The number of benzene rings is 1. The van der Waals surface area contributed by atoms with Gasteiger partial charge in [0.25, 0.3) is 5.56 Å². The fraction of sp³-hybridized carbons (Fsp3) is 0.235. The van der Waals surface area contributed by atoms with Gasteiger partial charge in [-0.2, -0.15) is 0 Å². The number of aromatic nitrogens is 1. The lowest BCUT2D eigenvalue weighted by Gasteiger charge is -2.14. The SMILES string of the molecule is C=CCOc1ccc(-c2ccc(Br)c(=O)n2CC)c(C)c1. The van der Waals surface area contributed by atoms with Crippen LogP contribution in [0.1, 0.15) is 12.5 Å². The second-order valence-corrected chi connectivity index (χ2v) is 5.55. The zero-order chi connectivity index (χ0) is 15.4. The fourth-order valence-corrected chi connectivity index (χ4v) is 2.62. The molecule has 4 heteroatoms. The Labute approximate surface area is 133 Å². The lowest BCUT2D eigenvalue weighted by atomic mass is 10.0. The van der Waals surface area contributed by atoms with Crippen molar-refractivity contribution in [3.8, 4) is 17.0 Å². The van der Waals surface area contributed by atoms with Crippen molar-refractivity contribution < 1.29 is 4.74 Å². The van der Waals surface area contributed by atoms with Gasteiger partial charge in [0.1, 0.15) is 12.4 Å². The van der Waals surface area contributed by atoms with Crippen molar-refractivity contribution in [2.75, 3.05) is 6.61 Å². The molecule has 21 heavy (non-hydrogen) atoms. The summed E-state index contributed by atoms with van der Waals surface area (Å²) in [6.07, 6.45) is 1.71. The van der Waals surface area contributed by atoms with E-state index in [1.165, 1.54) is 0 Å². The molecule has 2 aromatic rings. The second kappa shape index (κ2) is 6.76. The fourth-order valence-electron chi connectivity index (χ4n) is 2.27. The molecular weight excluding hydrogens is 330 g/mol. The van der Waals surface area contributed by atoms with E-state index >= 15 is 0 Å². The summed E-state index contributed by atoms with van der Waals surface area (Å²) in [6, 6.07) is 9.64. The van der Waals surface area contributed by atoms with Gasteiger partial charge in [-0.3, -0.25) is 4.79 Å². The van der Waals surface area contributed by atoms with Gasteiger partial charge in [-0.1, -0.05) is 12.7 Å². The first-order chi connectivity index (χ1) is 10.1. The van der Waals surface area contributed by atoms with Gasteiger partial charge in [0.2, 0.25) is 0 Å². The Hall–Kier alpha value is -1.81. The van der Waals surface area contributed by atoms with Gasteiger partial charge in [-0.15, -0.1) is 0 Å². The Balaban J connectivity index is 2.50. The van der Waals surface area contributed by atoms with Crippen LogP contribution in [0.4, 0.5) is 0 Å². The molecule has 110 valence electrons. The van der Waals surface area contributed by atoms with E-state index in [2.05, 4.69) is 22.5 Å². The third-order valence-electron chi connectivity index (χ3n) is 3.29. The average Bonchev–Trinajstić information content (AvgIpc) is 2.48. The molecule has 0 bridgehead atoms. The molecule has 0 saturated heterocycles. The molecule has 3 nitrogen and oxygen atoms in total. The number of aryl methyl sites for hydroxylation is 1. The predicted molar refractivity (Wildman–Crippen MR) is 89.9 cm³/mol. The lowest BCUT2D eigenvalue weighted by molar-refractivity contribution is 0.363. The van der Waals surface area contributed by atoms with Crippen LogP contribution in [0.2, 0.25) is 0 Å². The van der Waals surface area contributed by atoms with Crippen molar-refractivity contribution in [3.63, 3.8) is 0 Å². The van der Waals surface area contributed by atoms with E-state index in [0.29, 0.717) is 17.6 Å². The number of pyridine rings is 1. The summed E-state index contributed by atoms with van der Waals surface area (Å²) in [5, 5.41) is 0. The van der Waals surface area contributed by atoms with E-state index in [-0.39, 0.29) is 5.56 Å². The molecule has 1 heterocycles. The van der Waals surface area contributed by atoms with E-state index in [0.717, 1.165) is 22.6 Å². The van der Waals surface area contributed by atoms with Crippen LogP contribution in [0.15, 0.2) is 52.3 Å².